The fourth-order valence-electron chi connectivity index (χ4n) is 2.99. The number of benzene rings is 2. The Labute approximate surface area is 184 Å². The molecule has 3 rings (SSSR count). The number of esters is 1. The molecule has 156 valence electrons. The Morgan fingerprint density at radius 3 is 2.50 bits per heavy atom. The molecule has 2 N–H and O–H groups in total. The number of aromatic nitrogens is 1. The van der Waals surface area contributed by atoms with Crippen LogP contribution in [0.4, 0.5) is 11.4 Å². The number of halogens is 2. The van der Waals surface area contributed by atoms with E-state index in [0.717, 1.165) is 5.69 Å². The first kappa shape index (κ1) is 21.7. The molecule has 0 aliphatic carbocycles. The molecule has 30 heavy (non-hydrogen) atoms. The normalized spacial score (nSPS) is 11.1. The van der Waals surface area contributed by atoms with E-state index in [1.807, 2.05) is 43.3 Å². The van der Waals surface area contributed by atoms with Crippen molar-refractivity contribution < 1.29 is 14.3 Å². The molecule has 0 aliphatic rings. The predicted molar refractivity (Wildman–Crippen MR) is 123 cm³/mol. The molecular formula is C22H21Cl2N3O3. The number of hydrogen-bond acceptors (Lipinski definition) is 4. The van der Waals surface area contributed by atoms with Gasteiger partial charge in [-0.3, -0.25) is 4.79 Å². The standard InChI is InChI=1S/C22H21Cl2N3O3/c1-4-30-22(29)21-16(20-17(24)11-13(23)12-18(20)26-21)9-10-19(28)25-14-5-7-15(8-6-14)27(2)3/h5-12,26H,4H2,1-3H3,(H,25,28)/b10-9+. The van der Waals surface area contributed by atoms with E-state index < -0.39 is 5.97 Å². The molecule has 0 bridgehead atoms. The molecule has 3 aromatic rings. The van der Waals surface area contributed by atoms with Gasteiger partial charge in [-0.15, -0.1) is 0 Å². The van der Waals surface area contributed by atoms with E-state index in [-0.39, 0.29) is 18.2 Å². The SMILES string of the molecule is CCOC(=O)c1[nH]c2cc(Cl)cc(Cl)c2c1/C=C/C(=O)Nc1ccc(N(C)C)cc1. The number of H-pyrrole nitrogens is 1. The Hall–Kier alpha value is -2.96. The van der Waals surface area contributed by atoms with Crippen LogP contribution in [0.1, 0.15) is 23.0 Å². The number of aromatic amines is 1. The Kier molecular flexibility index (Phi) is 6.70. The summed E-state index contributed by atoms with van der Waals surface area (Å²) in [6.45, 7) is 1.93. The van der Waals surface area contributed by atoms with Crippen LogP contribution < -0.4 is 10.2 Å². The number of fused-ring (bicyclic) bond motifs is 1. The van der Waals surface area contributed by atoms with Crippen LogP contribution in [0, 0.1) is 0 Å². The molecule has 2 aromatic carbocycles. The van der Waals surface area contributed by atoms with Gasteiger partial charge < -0.3 is 19.9 Å². The molecule has 1 amide bonds. The highest BCUT2D eigenvalue weighted by atomic mass is 35.5. The summed E-state index contributed by atoms with van der Waals surface area (Å²) in [6.07, 6.45) is 2.88. The maximum atomic E-state index is 12.4. The smallest absolute Gasteiger partial charge is 0.355 e. The lowest BCUT2D eigenvalue weighted by atomic mass is 10.1. The molecule has 0 spiro atoms. The van der Waals surface area contributed by atoms with Crippen LogP contribution in [0.3, 0.4) is 0 Å². The van der Waals surface area contributed by atoms with E-state index in [9.17, 15) is 9.59 Å². The number of carbonyl (C=O) groups is 2. The van der Waals surface area contributed by atoms with Crippen LogP contribution in [0.15, 0.2) is 42.5 Å². The summed E-state index contributed by atoms with van der Waals surface area (Å²) in [5.74, 6) is -0.887. The lowest BCUT2D eigenvalue weighted by molar-refractivity contribution is -0.111. The molecule has 0 radical (unpaired) electrons. The summed E-state index contributed by atoms with van der Waals surface area (Å²) >= 11 is 12.4. The van der Waals surface area contributed by atoms with Crippen molar-refractivity contribution in [2.75, 3.05) is 30.9 Å². The molecule has 0 saturated carbocycles. The van der Waals surface area contributed by atoms with Crippen molar-refractivity contribution in [1.82, 2.24) is 4.98 Å². The molecule has 0 atom stereocenters. The van der Waals surface area contributed by atoms with Gasteiger partial charge in [0.2, 0.25) is 5.91 Å². The highest BCUT2D eigenvalue weighted by molar-refractivity contribution is 6.39. The Bertz CT molecular complexity index is 1120. The maximum absolute atomic E-state index is 12.4. The fourth-order valence-corrected chi connectivity index (χ4v) is 3.58. The van der Waals surface area contributed by atoms with E-state index in [4.69, 9.17) is 27.9 Å². The number of carbonyl (C=O) groups excluding carboxylic acids is 2. The van der Waals surface area contributed by atoms with Gasteiger partial charge in [-0.2, -0.15) is 0 Å². The molecule has 6 nitrogen and oxygen atoms in total. The van der Waals surface area contributed by atoms with E-state index in [1.165, 1.54) is 12.2 Å². The third-order valence-corrected chi connectivity index (χ3v) is 4.90. The molecule has 8 heteroatoms. The maximum Gasteiger partial charge on any atom is 0.355 e. The topological polar surface area (TPSA) is 74.4 Å². The monoisotopic (exact) mass is 445 g/mol. The largest absolute Gasteiger partial charge is 0.461 e. The summed E-state index contributed by atoms with van der Waals surface area (Å²) in [5.41, 5.74) is 2.92. The van der Waals surface area contributed by atoms with Crippen LogP contribution in [0.5, 0.6) is 0 Å². The zero-order valence-corrected chi connectivity index (χ0v) is 18.3. The summed E-state index contributed by atoms with van der Waals surface area (Å²) in [4.78, 5) is 29.8. The van der Waals surface area contributed by atoms with E-state index in [1.54, 1.807) is 19.1 Å². The lowest BCUT2D eigenvalue weighted by Crippen LogP contribution is -2.10. The van der Waals surface area contributed by atoms with E-state index in [0.29, 0.717) is 32.2 Å². The molecule has 1 aromatic heterocycles. The third-order valence-electron chi connectivity index (χ3n) is 4.39. The van der Waals surface area contributed by atoms with Crippen LogP contribution in [-0.2, 0) is 9.53 Å². The highest BCUT2D eigenvalue weighted by Crippen LogP contribution is 2.33. The minimum atomic E-state index is -0.541. The van der Waals surface area contributed by atoms with Gasteiger partial charge in [0.05, 0.1) is 11.6 Å². The number of nitrogens with one attached hydrogen (secondary N) is 2. The van der Waals surface area contributed by atoms with Crippen molar-refractivity contribution in [2.24, 2.45) is 0 Å². The highest BCUT2D eigenvalue weighted by Gasteiger charge is 2.20. The van der Waals surface area contributed by atoms with Gasteiger partial charge in [-0.1, -0.05) is 23.2 Å². The number of amides is 1. The summed E-state index contributed by atoms with van der Waals surface area (Å²) in [5, 5.41) is 4.17. The van der Waals surface area contributed by atoms with Gasteiger partial charge >= 0.3 is 5.97 Å². The minimum absolute atomic E-state index is 0.204. The summed E-state index contributed by atoms with van der Waals surface area (Å²) in [7, 11) is 3.88. The van der Waals surface area contributed by atoms with Gasteiger partial charge in [0.1, 0.15) is 5.69 Å². The van der Waals surface area contributed by atoms with E-state index in [2.05, 4.69) is 10.3 Å². The quantitative estimate of drug-likeness (QED) is 0.395. The van der Waals surface area contributed by atoms with Crippen LogP contribution in [-0.4, -0.2) is 37.6 Å². The molecular weight excluding hydrogens is 425 g/mol. The second-order valence-corrected chi connectivity index (χ2v) is 7.55. The van der Waals surface area contributed by atoms with Gasteiger partial charge in [0, 0.05) is 53.0 Å². The van der Waals surface area contributed by atoms with Gasteiger partial charge in [-0.25, -0.2) is 4.79 Å². The Balaban J connectivity index is 1.91. The summed E-state index contributed by atoms with van der Waals surface area (Å²) in [6, 6.07) is 10.7. The number of ether oxygens (including phenoxy) is 1. The minimum Gasteiger partial charge on any atom is -0.461 e. The second-order valence-electron chi connectivity index (χ2n) is 6.71. The fraction of sp³-hybridized carbons (Fsp3) is 0.182. The summed E-state index contributed by atoms with van der Waals surface area (Å²) < 4.78 is 5.12. The molecule has 0 aliphatic heterocycles. The first-order valence-electron chi connectivity index (χ1n) is 9.24. The van der Waals surface area contributed by atoms with Crippen molar-refractivity contribution in [3.05, 3.63) is 63.8 Å². The van der Waals surface area contributed by atoms with Crippen LogP contribution in [0.25, 0.3) is 17.0 Å². The van der Waals surface area contributed by atoms with Crippen molar-refractivity contribution in [3.8, 4) is 0 Å². The Morgan fingerprint density at radius 1 is 1.17 bits per heavy atom. The molecule has 0 fully saturated rings. The first-order chi connectivity index (χ1) is 14.3. The van der Waals surface area contributed by atoms with Gasteiger partial charge in [-0.05, 0) is 49.4 Å². The third kappa shape index (κ3) is 4.78. The van der Waals surface area contributed by atoms with Crippen LogP contribution >= 0.6 is 23.2 Å². The van der Waals surface area contributed by atoms with Gasteiger partial charge in [0.25, 0.3) is 0 Å². The molecule has 1 heterocycles. The van der Waals surface area contributed by atoms with Crippen molar-refractivity contribution in [1.29, 1.82) is 0 Å². The number of nitrogens with zero attached hydrogens (tertiary/aromatic N) is 1. The van der Waals surface area contributed by atoms with Crippen molar-refractivity contribution in [2.45, 2.75) is 6.92 Å². The lowest BCUT2D eigenvalue weighted by Gasteiger charge is -2.12. The second kappa shape index (κ2) is 9.24. The zero-order chi connectivity index (χ0) is 21.8. The zero-order valence-electron chi connectivity index (χ0n) is 16.8. The molecule has 0 saturated heterocycles. The first-order valence-corrected chi connectivity index (χ1v) is 10.00. The average Bonchev–Trinajstić information content (AvgIpc) is 3.05. The number of rotatable bonds is 6. The average molecular weight is 446 g/mol. The van der Waals surface area contributed by atoms with Crippen molar-refractivity contribution >= 4 is 63.4 Å². The number of hydrogen-bond donors (Lipinski definition) is 2. The van der Waals surface area contributed by atoms with Crippen molar-refractivity contribution in [3.63, 3.8) is 0 Å². The molecule has 0 unspecified atom stereocenters. The van der Waals surface area contributed by atoms with Crippen LogP contribution in [0.2, 0.25) is 10.0 Å². The Morgan fingerprint density at radius 2 is 1.87 bits per heavy atom. The van der Waals surface area contributed by atoms with Gasteiger partial charge in [0.15, 0.2) is 0 Å². The van der Waals surface area contributed by atoms with E-state index >= 15 is 0 Å². The number of anilines is 2. The predicted octanol–water partition coefficient (Wildman–Crippen LogP) is 5.37.